The number of rotatable bonds is 50. The number of esters is 2. The molecule has 0 aromatic carbocycles. The molecule has 0 aromatic heterocycles. The molecule has 0 aliphatic heterocycles. The lowest BCUT2D eigenvalue weighted by molar-refractivity contribution is -0.161. The van der Waals surface area contributed by atoms with Crippen molar-refractivity contribution < 1.29 is 37.6 Å². The first kappa shape index (κ1) is 67.1. The van der Waals surface area contributed by atoms with Crippen molar-refractivity contribution in [2.24, 2.45) is 5.73 Å². The van der Waals surface area contributed by atoms with E-state index in [0.29, 0.717) is 12.8 Å². The average Bonchev–Trinajstić information content (AvgIpc) is 3.36. The first-order chi connectivity index (χ1) is 34.8. The van der Waals surface area contributed by atoms with Gasteiger partial charge in [-0.2, -0.15) is 0 Å². The lowest BCUT2D eigenvalue weighted by atomic mass is 10.1. The smallest absolute Gasteiger partial charge is 0.462 e. The van der Waals surface area contributed by atoms with E-state index >= 15 is 0 Å². The molecule has 402 valence electrons. The summed E-state index contributed by atoms with van der Waals surface area (Å²) in [7, 11) is -4.40. The Morgan fingerprint density at radius 3 is 1.17 bits per heavy atom. The molecule has 0 rings (SSSR count). The van der Waals surface area contributed by atoms with Crippen molar-refractivity contribution in [1.82, 2.24) is 0 Å². The number of unbranched alkanes of at least 4 members (excludes halogenated alkanes) is 15. The Morgan fingerprint density at radius 2 is 0.775 bits per heavy atom. The maximum absolute atomic E-state index is 12.7. The number of phosphoric acid groups is 1. The fourth-order valence-electron chi connectivity index (χ4n) is 6.95. The van der Waals surface area contributed by atoms with Crippen molar-refractivity contribution in [3.63, 3.8) is 0 Å². The van der Waals surface area contributed by atoms with Crippen LogP contribution in [0.1, 0.15) is 206 Å². The summed E-state index contributed by atoms with van der Waals surface area (Å²) >= 11 is 0. The predicted octanol–water partition coefficient (Wildman–Crippen LogP) is 17.4. The molecule has 0 saturated carbocycles. The molecule has 0 bridgehead atoms. The van der Waals surface area contributed by atoms with Crippen LogP contribution in [0.2, 0.25) is 0 Å². The summed E-state index contributed by atoms with van der Waals surface area (Å²) in [6.45, 7) is 3.56. The number of ether oxygens (including phenoxy) is 2. The summed E-state index contributed by atoms with van der Waals surface area (Å²) in [5.74, 6) is -0.877. The van der Waals surface area contributed by atoms with Crippen LogP contribution >= 0.6 is 7.82 Å². The van der Waals surface area contributed by atoms with Gasteiger partial charge in [0.05, 0.1) is 13.2 Å². The van der Waals surface area contributed by atoms with E-state index in [1.165, 1.54) is 44.9 Å². The van der Waals surface area contributed by atoms with Crippen LogP contribution in [-0.2, 0) is 32.7 Å². The van der Waals surface area contributed by atoms with Gasteiger partial charge in [-0.15, -0.1) is 0 Å². The third-order valence-corrected chi connectivity index (χ3v) is 12.0. The fraction of sp³-hybridized carbons (Fsp3) is 0.607. The van der Waals surface area contributed by atoms with Gasteiger partial charge in [-0.05, 0) is 116 Å². The quantitative estimate of drug-likeness (QED) is 0.0264. The summed E-state index contributed by atoms with van der Waals surface area (Å²) in [6.07, 6.45) is 77.9. The van der Waals surface area contributed by atoms with Gasteiger partial charge in [0.1, 0.15) is 6.61 Å². The highest BCUT2D eigenvalue weighted by atomic mass is 31.2. The van der Waals surface area contributed by atoms with Crippen LogP contribution in [0.4, 0.5) is 0 Å². The van der Waals surface area contributed by atoms with Crippen LogP contribution in [0, 0.1) is 0 Å². The normalized spacial score (nSPS) is 14.1. The molecule has 0 aromatic rings. The van der Waals surface area contributed by atoms with E-state index in [0.717, 1.165) is 122 Å². The van der Waals surface area contributed by atoms with Crippen molar-refractivity contribution in [3.8, 4) is 0 Å². The third-order valence-electron chi connectivity index (χ3n) is 11.0. The van der Waals surface area contributed by atoms with Gasteiger partial charge in [-0.3, -0.25) is 18.6 Å². The topological polar surface area (TPSA) is 134 Å². The van der Waals surface area contributed by atoms with Gasteiger partial charge in [0.15, 0.2) is 6.10 Å². The number of carbonyl (C=O) groups excluding carboxylic acids is 2. The van der Waals surface area contributed by atoms with Gasteiger partial charge in [0.2, 0.25) is 0 Å². The van der Waals surface area contributed by atoms with Gasteiger partial charge in [-0.25, -0.2) is 4.57 Å². The standard InChI is InChI=1S/C61H100NO8P/c1-3-5-7-9-11-13-15-17-19-20-21-22-23-24-25-26-27-28-29-30-31-32-33-34-35-36-37-38-40-42-44-46-48-50-52-54-61(64)70-59(58-69-71(65,66)68-56-55-62)57-67-60(63)53-51-49-47-45-43-41-39-18-16-14-12-10-8-6-4-2/h5,7,11,13,17-19,21-22,24-25,27-28,30-31,33-34,36-37,39-40,42,59H,3-4,6,8-10,12,14-16,20,23,26,29,32,35,38,41,43-58,62H2,1-2H3,(H,65,66)/b7-5-,13-11-,19-17-,22-21-,25-24-,28-27-,31-30-,34-33-,37-36-,39-18-,42-40-. The van der Waals surface area contributed by atoms with Crippen LogP contribution in [0.15, 0.2) is 134 Å². The zero-order valence-electron chi connectivity index (χ0n) is 44.7. The van der Waals surface area contributed by atoms with Crippen LogP contribution in [-0.4, -0.2) is 49.3 Å². The minimum absolute atomic E-state index is 0.0408. The highest BCUT2D eigenvalue weighted by Gasteiger charge is 2.26. The maximum Gasteiger partial charge on any atom is 0.472 e. The Kier molecular flexibility index (Phi) is 52.5. The number of hydrogen-bond acceptors (Lipinski definition) is 8. The lowest BCUT2D eigenvalue weighted by Gasteiger charge is -2.19. The Balaban J connectivity index is 4.11. The first-order valence-corrected chi connectivity index (χ1v) is 29.2. The molecule has 0 radical (unpaired) electrons. The zero-order valence-corrected chi connectivity index (χ0v) is 45.5. The summed E-state index contributed by atoms with van der Waals surface area (Å²) in [4.78, 5) is 35.1. The number of allylic oxidation sites excluding steroid dienone is 22. The van der Waals surface area contributed by atoms with Crippen LogP contribution in [0.3, 0.4) is 0 Å². The number of carbonyl (C=O) groups is 2. The summed E-state index contributed by atoms with van der Waals surface area (Å²) in [6, 6.07) is 0. The third kappa shape index (κ3) is 55.3. The fourth-order valence-corrected chi connectivity index (χ4v) is 7.72. The van der Waals surface area contributed by atoms with Crippen LogP contribution < -0.4 is 5.73 Å². The van der Waals surface area contributed by atoms with E-state index in [1.54, 1.807) is 0 Å². The number of phosphoric ester groups is 1. The molecular formula is C61H100NO8P. The molecule has 10 heteroatoms. The first-order valence-electron chi connectivity index (χ1n) is 27.7. The van der Waals surface area contributed by atoms with Crippen molar-refractivity contribution in [2.45, 2.75) is 213 Å². The van der Waals surface area contributed by atoms with Crippen molar-refractivity contribution >= 4 is 19.8 Å². The van der Waals surface area contributed by atoms with Gasteiger partial charge >= 0.3 is 19.8 Å². The van der Waals surface area contributed by atoms with E-state index < -0.39 is 32.5 Å². The van der Waals surface area contributed by atoms with Gasteiger partial charge in [-0.1, -0.05) is 212 Å². The Morgan fingerprint density at radius 1 is 0.437 bits per heavy atom. The Hall–Kier alpha value is -3.85. The maximum atomic E-state index is 12.7. The molecule has 0 saturated heterocycles. The highest BCUT2D eigenvalue weighted by molar-refractivity contribution is 7.47. The summed E-state index contributed by atoms with van der Waals surface area (Å²) in [5.41, 5.74) is 5.37. The molecule has 0 amide bonds. The summed E-state index contributed by atoms with van der Waals surface area (Å²) < 4.78 is 32.9. The minimum atomic E-state index is -4.40. The molecule has 0 fully saturated rings. The van der Waals surface area contributed by atoms with E-state index in [2.05, 4.69) is 148 Å². The molecule has 2 unspecified atom stereocenters. The van der Waals surface area contributed by atoms with E-state index in [4.69, 9.17) is 24.3 Å². The monoisotopic (exact) mass is 1010 g/mol. The van der Waals surface area contributed by atoms with Crippen molar-refractivity contribution in [2.75, 3.05) is 26.4 Å². The second-order valence-electron chi connectivity index (χ2n) is 17.7. The Bertz CT molecular complexity index is 1620. The molecule has 9 nitrogen and oxygen atoms in total. The molecule has 0 aliphatic carbocycles. The number of nitrogens with two attached hydrogens (primary N) is 1. The molecule has 71 heavy (non-hydrogen) atoms. The largest absolute Gasteiger partial charge is 0.472 e. The molecule has 0 heterocycles. The van der Waals surface area contributed by atoms with E-state index in [-0.39, 0.29) is 32.6 Å². The van der Waals surface area contributed by atoms with Gasteiger partial charge < -0.3 is 20.1 Å². The molecule has 2 atom stereocenters. The predicted molar refractivity (Wildman–Crippen MR) is 302 cm³/mol. The molecule has 0 aliphatic rings. The SMILES string of the molecule is CC/C=C\C/C=C\C/C=C\C/C=C\C/C=C\C/C=C\C/C=C\C/C=C\C/C=C\C/C=C\CCCCCCC(=O)OC(COC(=O)CCCCCCC/C=C\CCCCCCCC)COP(=O)(O)OCCN. The van der Waals surface area contributed by atoms with E-state index in [9.17, 15) is 19.0 Å². The van der Waals surface area contributed by atoms with Crippen molar-refractivity contribution in [3.05, 3.63) is 134 Å². The molecule has 3 N–H and O–H groups in total. The van der Waals surface area contributed by atoms with Gasteiger partial charge in [0, 0.05) is 19.4 Å². The Labute approximate surface area is 434 Å². The second-order valence-corrected chi connectivity index (χ2v) is 19.2. The van der Waals surface area contributed by atoms with E-state index in [1.807, 2.05) is 0 Å². The molecular weight excluding hydrogens is 906 g/mol. The molecule has 0 spiro atoms. The van der Waals surface area contributed by atoms with Gasteiger partial charge in [0.25, 0.3) is 0 Å². The average molecular weight is 1010 g/mol. The number of hydrogen-bond donors (Lipinski definition) is 2. The second kappa shape index (κ2) is 55.5. The summed E-state index contributed by atoms with van der Waals surface area (Å²) in [5, 5.41) is 0. The highest BCUT2D eigenvalue weighted by Crippen LogP contribution is 2.43. The minimum Gasteiger partial charge on any atom is -0.462 e. The van der Waals surface area contributed by atoms with Crippen molar-refractivity contribution in [1.29, 1.82) is 0 Å². The zero-order chi connectivity index (χ0) is 51.7. The van der Waals surface area contributed by atoms with Crippen LogP contribution in [0.5, 0.6) is 0 Å². The van der Waals surface area contributed by atoms with Crippen LogP contribution in [0.25, 0.3) is 0 Å². The lowest BCUT2D eigenvalue weighted by Crippen LogP contribution is -2.29.